The van der Waals surface area contributed by atoms with E-state index in [0.717, 1.165) is 21.1 Å². The van der Waals surface area contributed by atoms with Crippen LogP contribution in [0.1, 0.15) is 50.8 Å². The zero-order chi connectivity index (χ0) is 20.4. The number of nitrogens with one attached hydrogen (secondary N) is 1. The summed E-state index contributed by atoms with van der Waals surface area (Å²) in [6.07, 6.45) is 1.08. The van der Waals surface area contributed by atoms with Gasteiger partial charge in [0.2, 0.25) is 0 Å². The third kappa shape index (κ3) is 4.14. The average Bonchev–Trinajstić information content (AvgIpc) is 3.18. The van der Waals surface area contributed by atoms with Gasteiger partial charge in [0.1, 0.15) is 17.2 Å². The number of aromatic nitrogens is 1. The molecule has 7 heteroatoms. The molecule has 2 N–H and O–H groups in total. The van der Waals surface area contributed by atoms with E-state index in [-0.39, 0.29) is 29.7 Å². The molecule has 146 valence electrons. The number of thiazole rings is 1. The molecule has 1 aromatic carbocycles. The Morgan fingerprint density at radius 1 is 1.21 bits per heavy atom. The summed E-state index contributed by atoms with van der Waals surface area (Å²) < 4.78 is 5.26. The molecular formula is C21H22N2O4S. The number of carboxylic acids is 1. The summed E-state index contributed by atoms with van der Waals surface area (Å²) >= 11 is 1.54. The van der Waals surface area contributed by atoms with E-state index < -0.39 is 5.97 Å². The highest BCUT2D eigenvalue weighted by atomic mass is 32.1. The number of furan rings is 1. The van der Waals surface area contributed by atoms with Crippen LogP contribution in [0.4, 0.5) is 0 Å². The van der Waals surface area contributed by atoms with Gasteiger partial charge in [-0.2, -0.15) is 0 Å². The molecule has 0 aliphatic heterocycles. The first-order valence-electron chi connectivity index (χ1n) is 8.90. The molecule has 0 spiro atoms. The highest BCUT2D eigenvalue weighted by Gasteiger charge is 2.23. The molecule has 3 aromatic rings. The van der Waals surface area contributed by atoms with Crippen LogP contribution in [0.15, 0.2) is 34.9 Å². The van der Waals surface area contributed by atoms with Crippen molar-refractivity contribution in [2.24, 2.45) is 0 Å². The Bertz CT molecular complexity index is 1020. The van der Waals surface area contributed by atoms with Crippen molar-refractivity contribution in [1.82, 2.24) is 10.3 Å². The SMILES string of the molecule is Cc1ccc(-c2nc(C)c(C(C)NC(=O)c3c(C)coc3CC(=O)O)s2)cc1. The van der Waals surface area contributed by atoms with Gasteiger partial charge in [0.25, 0.3) is 5.91 Å². The Balaban J connectivity index is 1.81. The summed E-state index contributed by atoms with van der Waals surface area (Å²) in [4.78, 5) is 29.4. The first kappa shape index (κ1) is 19.8. The maximum absolute atomic E-state index is 12.8. The number of aryl methyl sites for hydroxylation is 3. The molecule has 6 nitrogen and oxygen atoms in total. The van der Waals surface area contributed by atoms with Gasteiger partial charge in [-0.15, -0.1) is 11.3 Å². The Kier molecular flexibility index (Phi) is 5.65. The molecule has 0 saturated carbocycles. The minimum Gasteiger partial charge on any atom is -0.481 e. The van der Waals surface area contributed by atoms with Crippen LogP contribution in [-0.2, 0) is 11.2 Å². The van der Waals surface area contributed by atoms with E-state index in [1.54, 1.807) is 18.3 Å². The Hall–Kier alpha value is -2.93. The lowest BCUT2D eigenvalue weighted by Gasteiger charge is -2.13. The molecule has 0 saturated heterocycles. The van der Waals surface area contributed by atoms with E-state index in [9.17, 15) is 9.59 Å². The van der Waals surface area contributed by atoms with E-state index in [1.807, 2.05) is 45.0 Å². The predicted octanol–water partition coefficient (Wildman–Crippen LogP) is 4.45. The summed E-state index contributed by atoms with van der Waals surface area (Å²) in [6, 6.07) is 7.89. The summed E-state index contributed by atoms with van der Waals surface area (Å²) in [7, 11) is 0. The fraction of sp³-hybridized carbons (Fsp3) is 0.286. The van der Waals surface area contributed by atoms with Crippen LogP contribution < -0.4 is 5.32 Å². The topological polar surface area (TPSA) is 92.4 Å². The fourth-order valence-electron chi connectivity index (χ4n) is 3.03. The summed E-state index contributed by atoms with van der Waals surface area (Å²) in [5, 5.41) is 12.9. The van der Waals surface area contributed by atoms with Crippen LogP contribution in [0.2, 0.25) is 0 Å². The van der Waals surface area contributed by atoms with Crippen LogP contribution in [-0.4, -0.2) is 22.0 Å². The van der Waals surface area contributed by atoms with Gasteiger partial charge in [0, 0.05) is 11.1 Å². The van der Waals surface area contributed by atoms with Crippen LogP contribution in [0.5, 0.6) is 0 Å². The van der Waals surface area contributed by atoms with Crippen molar-refractivity contribution in [1.29, 1.82) is 0 Å². The number of carboxylic acid groups (broad SMARTS) is 1. The monoisotopic (exact) mass is 398 g/mol. The zero-order valence-electron chi connectivity index (χ0n) is 16.2. The number of carbonyl (C=O) groups excluding carboxylic acids is 1. The molecular weight excluding hydrogens is 376 g/mol. The Morgan fingerprint density at radius 3 is 2.54 bits per heavy atom. The molecule has 2 aromatic heterocycles. The molecule has 2 heterocycles. The summed E-state index contributed by atoms with van der Waals surface area (Å²) in [6.45, 7) is 7.58. The van der Waals surface area contributed by atoms with E-state index in [0.29, 0.717) is 5.56 Å². The highest BCUT2D eigenvalue weighted by molar-refractivity contribution is 7.15. The Labute approximate surface area is 167 Å². The number of aliphatic carboxylic acids is 1. The molecule has 1 unspecified atom stereocenters. The van der Waals surface area contributed by atoms with Crippen molar-refractivity contribution in [3.63, 3.8) is 0 Å². The van der Waals surface area contributed by atoms with Crippen molar-refractivity contribution in [3.8, 4) is 10.6 Å². The van der Waals surface area contributed by atoms with Crippen LogP contribution >= 0.6 is 11.3 Å². The molecule has 3 rings (SSSR count). The van der Waals surface area contributed by atoms with Gasteiger partial charge < -0.3 is 14.8 Å². The summed E-state index contributed by atoms with van der Waals surface area (Å²) in [5.74, 6) is -1.23. The lowest BCUT2D eigenvalue weighted by atomic mass is 10.1. The Morgan fingerprint density at radius 2 is 1.89 bits per heavy atom. The molecule has 0 bridgehead atoms. The second kappa shape index (κ2) is 7.98. The van der Waals surface area contributed by atoms with Gasteiger partial charge in [0.15, 0.2) is 0 Å². The second-order valence-corrected chi connectivity index (χ2v) is 7.85. The van der Waals surface area contributed by atoms with E-state index in [4.69, 9.17) is 9.52 Å². The molecule has 0 aliphatic carbocycles. The van der Waals surface area contributed by atoms with E-state index >= 15 is 0 Å². The standard InChI is InChI=1S/C21H22N2O4S/c1-11-5-7-15(8-6-11)21-23-14(4)19(28-21)13(3)22-20(26)18-12(2)10-27-16(18)9-17(24)25/h5-8,10,13H,9H2,1-4H3,(H,22,26)(H,24,25). The quantitative estimate of drug-likeness (QED) is 0.640. The average molecular weight is 398 g/mol. The maximum atomic E-state index is 12.8. The first-order valence-corrected chi connectivity index (χ1v) is 9.72. The van der Waals surface area contributed by atoms with Gasteiger partial charge in [-0.25, -0.2) is 4.98 Å². The lowest BCUT2D eigenvalue weighted by molar-refractivity contribution is -0.136. The molecule has 28 heavy (non-hydrogen) atoms. The molecule has 0 radical (unpaired) electrons. The number of hydrogen-bond acceptors (Lipinski definition) is 5. The number of nitrogens with zero attached hydrogens (tertiary/aromatic N) is 1. The molecule has 1 amide bonds. The maximum Gasteiger partial charge on any atom is 0.311 e. The normalized spacial score (nSPS) is 12.0. The van der Waals surface area contributed by atoms with Gasteiger partial charge >= 0.3 is 5.97 Å². The first-order chi connectivity index (χ1) is 13.3. The van der Waals surface area contributed by atoms with E-state index in [1.165, 1.54) is 11.8 Å². The van der Waals surface area contributed by atoms with Crippen molar-refractivity contribution in [3.05, 3.63) is 63.6 Å². The van der Waals surface area contributed by atoms with Gasteiger partial charge in [0.05, 0.1) is 28.4 Å². The van der Waals surface area contributed by atoms with Gasteiger partial charge in [-0.05, 0) is 27.7 Å². The van der Waals surface area contributed by atoms with Crippen LogP contribution in [0.3, 0.4) is 0 Å². The summed E-state index contributed by atoms with van der Waals surface area (Å²) in [5.41, 5.74) is 3.99. The molecule has 0 aliphatic rings. The van der Waals surface area contributed by atoms with Crippen molar-refractivity contribution >= 4 is 23.2 Å². The van der Waals surface area contributed by atoms with Gasteiger partial charge in [-0.3, -0.25) is 9.59 Å². The predicted molar refractivity (Wildman–Crippen MR) is 108 cm³/mol. The number of amides is 1. The minimum atomic E-state index is -1.04. The molecule has 1 atom stereocenters. The number of hydrogen-bond donors (Lipinski definition) is 2. The van der Waals surface area contributed by atoms with Crippen molar-refractivity contribution in [2.75, 3.05) is 0 Å². The van der Waals surface area contributed by atoms with Crippen molar-refractivity contribution in [2.45, 2.75) is 40.2 Å². The highest BCUT2D eigenvalue weighted by Crippen LogP contribution is 2.32. The fourth-order valence-corrected chi connectivity index (χ4v) is 4.11. The lowest BCUT2D eigenvalue weighted by Crippen LogP contribution is -2.27. The van der Waals surface area contributed by atoms with Crippen LogP contribution in [0.25, 0.3) is 10.6 Å². The third-order valence-electron chi connectivity index (χ3n) is 4.46. The number of rotatable bonds is 6. The van der Waals surface area contributed by atoms with Gasteiger partial charge in [-0.1, -0.05) is 29.8 Å². The minimum absolute atomic E-state index is 0.163. The third-order valence-corrected chi connectivity index (χ3v) is 5.85. The zero-order valence-corrected chi connectivity index (χ0v) is 17.0. The number of carbonyl (C=O) groups is 2. The second-order valence-electron chi connectivity index (χ2n) is 6.82. The largest absolute Gasteiger partial charge is 0.481 e. The number of benzene rings is 1. The van der Waals surface area contributed by atoms with Crippen molar-refractivity contribution < 1.29 is 19.1 Å². The van der Waals surface area contributed by atoms with Crippen LogP contribution in [0, 0.1) is 20.8 Å². The van der Waals surface area contributed by atoms with E-state index in [2.05, 4.69) is 10.3 Å². The smallest absolute Gasteiger partial charge is 0.311 e. The molecule has 0 fully saturated rings.